The molecule has 0 spiro atoms. The van der Waals surface area contributed by atoms with Crippen molar-refractivity contribution in [3.05, 3.63) is 28.2 Å². The second-order valence-corrected chi connectivity index (χ2v) is 6.85. The SMILES string of the molecule is CCNCc1ccc(Br)cc1N(C)CC1CCCCC1. The van der Waals surface area contributed by atoms with E-state index in [2.05, 4.69) is 58.3 Å². The van der Waals surface area contributed by atoms with Gasteiger partial charge >= 0.3 is 0 Å². The van der Waals surface area contributed by atoms with Gasteiger partial charge in [-0.25, -0.2) is 0 Å². The molecule has 2 nitrogen and oxygen atoms in total. The first-order valence-electron chi connectivity index (χ1n) is 7.91. The predicted molar refractivity (Wildman–Crippen MR) is 91.4 cm³/mol. The van der Waals surface area contributed by atoms with Gasteiger partial charge in [0, 0.05) is 30.3 Å². The van der Waals surface area contributed by atoms with Crippen LogP contribution in [0.4, 0.5) is 5.69 Å². The van der Waals surface area contributed by atoms with E-state index in [0.29, 0.717) is 0 Å². The van der Waals surface area contributed by atoms with E-state index in [1.807, 2.05) is 0 Å². The summed E-state index contributed by atoms with van der Waals surface area (Å²) in [5.74, 6) is 0.875. The fraction of sp³-hybridized carbons (Fsp3) is 0.647. The summed E-state index contributed by atoms with van der Waals surface area (Å²) < 4.78 is 1.17. The van der Waals surface area contributed by atoms with E-state index in [1.165, 1.54) is 54.4 Å². The number of rotatable bonds is 6. The molecule has 3 heteroatoms. The van der Waals surface area contributed by atoms with Gasteiger partial charge in [0.25, 0.3) is 0 Å². The third-order valence-electron chi connectivity index (χ3n) is 4.28. The summed E-state index contributed by atoms with van der Waals surface area (Å²) in [7, 11) is 2.24. The molecule has 20 heavy (non-hydrogen) atoms. The van der Waals surface area contributed by atoms with Crippen LogP contribution in [0.15, 0.2) is 22.7 Å². The van der Waals surface area contributed by atoms with Crippen LogP contribution < -0.4 is 10.2 Å². The lowest BCUT2D eigenvalue weighted by Gasteiger charge is -2.30. The molecule has 2 rings (SSSR count). The first-order chi connectivity index (χ1) is 9.70. The highest BCUT2D eigenvalue weighted by atomic mass is 79.9. The van der Waals surface area contributed by atoms with Crippen molar-refractivity contribution in [2.45, 2.75) is 45.6 Å². The highest BCUT2D eigenvalue weighted by Gasteiger charge is 2.17. The first-order valence-corrected chi connectivity index (χ1v) is 8.70. The number of anilines is 1. The second kappa shape index (κ2) is 8.04. The van der Waals surface area contributed by atoms with Gasteiger partial charge in [0.15, 0.2) is 0 Å². The standard InChI is InChI=1S/C17H27BrN2/c1-3-19-12-15-9-10-16(18)11-17(15)20(2)13-14-7-5-4-6-8-14/h9-11,14,19H,3-8,12-13H2,1-2H3. The maximum absolute atomic E-state index is 3.61. The number of nitrogens with one attached hydrogen (secondary N) is 1. The van der Waals surface area contributed by atoms with E-state index in [4.69, 9.17) is 0 Å². The molecule has 1 saturated carbocycles. The lowest BCUT2D eigenvalue weighted by Crippen LogP contribution is -2.28. The van der Waals surface area contributed by atoms with Crippen molar-refractivity contribution in [3.8, 4) is 0 Å². The van der Waals surface area contributed by atoms with Crippen LogP contribution in [-0.2, 0) is 6.54 Å². The molecule has 0 saturated heterocycles. The fourth-order valence-corrected chi connectivity index (χ4v) is 3.51. The van der Waals surface area contributed by atoms with Crippen molar-refractivity contribution < 1.29 is 0 Å². The van der Waals surface area contributed by atoms with Crippen LogP contribution in [-0.4, -0.2) is 20.1 Å². The largest absolute Gasteiger partial charge is 0.374 e. The molecular formula is C17H27BrN2. The Bertz CT molecular complexity index is 413. The highest BCUT2D eigenvalue weighted by molar-refractivity contribution is 9.10. The molecular weight excluding hydrogens is 312 g/mol. The van der Waals surface area contributed by atoms with Gasteiger partial charge in [-0.3, -0.25) is 0 Å². The third kappa shape index (κ3) is 4.49. The second-order valence-electron chi connectivity index (χ2n) is 5.94. The van der Waals surface area contributed by atoms with E-state index >= 15 is 0 Å². The summed E-state index contributed by atoms with van der Waals surface area (Å²) in [6.07, 6.45) is 7.08. The molecule has 0 radical (unpaired) electrons. The monoisotopic (exact) mass is 338 g/mol. The zero-order valence-electron chi connectivity index (χ0n) is 12.8. The predicted octanol–water partition coefficient (Wildman–Crippen LogP) is 4.58. The molecule has 0 aromatic heterocycles. The topological polar surface area (TPSA) is 15.3 Å². The Balaban J connectivity index is 2.06. The molecule has 0 unspecified atom stereocenters. The van der Waals surface area contributed by atoms with Gasteiger partial charge in [-0.1, -0.05) is 48.2 Å². The van der Waals surface area contributed by atoms with Gasteiger partial charge in [0.1, 0.15) is 0 Å². The zero-order chi connectivity index (χ0) is 14.4. The van der Waals surface area contributed by atoms with E-state index in [1.54, 1.807) is 0 Å². The third-order valence-corrected chi connectivity index (χ3v) is 4.77. The fourth-order valence-electron chi connectivity index (χ4n) is 3.16. The van der Waals surface area contributed by atoms with E-state index in [-0.39, 0.29) is 0 Å². The molecule has 1 aliphatic rings. The van der Waals surface area contributed by atoms with Crippen molar-refractivity contribution >= 4 is 21.6 Å². The van der Waals surface area contributed by atoms with Gasteiger partial charge in [-0.05, 0) is 43.0 Å². The first kappa shape index (κ1) is 15.8. The number of halogens is 1. The zero-order valence-corrected chi connectivity index (χ0v) is 14.4. The molecule has 1 fully saturated rings. The summed E-state index contributed by atoms with van der Waals surface area (Å²) in [6, 6.07) is 6.64. The molecule has 112 valence electrons. The molecule has 0 bridgehead atoms. The van der Waals surface area contributed by atoms with Gasteiger partial charge in [-0.15, -0.1) is 0 Å². The smallest absolute Gasteiger partial charge is 0.0420 e. The summed E-state index contributed by atoms with van der Waals surface area (Å²) in [5, 5.41) is 3.44. The lowest BCUT2D eigenvalue weighted by atomic mass is 9.89. The molecule has 0 amide bonds. The summed E-state index contributed by atoms with van der Waals surface area (Å²) >= 11 is 3.61. The van der Waals surface area contributed by atoms with Gasteiger partial charge in [0.2, 0.25) is 0 Å². The van der Waals surface area contributed by atoms with Crippen molar-refractivity contribution in [1.29, 1.82) is 0 Å². The summed E-state index contributed by atoms with van der Waals surface area (Å²) in [6.45, 7) is 5.32. The van der Waals surface area contributed by atoms with Crippen molar-refractivity contribution in [2.75, 3.05) is 25.0 Å². The lowest BCUT2D eigenvalue weighted by molar-refractivity contribution is 0.362. The molecule has 0 aliphatic heterocycles. The quantitative estimate of drug-likeness (QED) is 0.816. The Morgan fingerprint density at radius 3 is 2.70 bits per heavy atom. The molecule has 0 heterocycles. The number of nitrogens with zero attached hydrogens (tertiary/aromatic N) is 1. The molecule has 1 aliphatic carbocycles. The average molecular weight is 339 g/mol. The normalized spacial score (nSPS) is 16.4. The average Bonchev–Trinajstić information content (AvgIpc) is 2.47. The van der Waals surface area contributed by atoms with Crippen molar-refractivity contribution in [3.63, 3.8) is 0 Å². The van der Waals surface area contributed by atoms with Crippen LogP contribution in [0.5, 0.6) is 0 Å². The van der Waals surface area contributed by atoms with E-state index in [0.717, 1.165) is 19.0 Å². The summed E-state index contributed by atoms with van der Waals surface area (Å²) in [5.41, 5.74) is 2.76. The van der Waals surface area contributed by atoms with Crippen molar-refractivity contribution in [2.24, 2.45) is 5.92 Å². The Hall–Kier alpha value is -0.540. The summed E-state index contributed by atoms with van der Waals surface area (Å²) in [4.78, 5) is 2.45. The van der Waals surface area contributed by atoms with E-state index in [9.17, 15) is 0 Å². The van der Waals surface area contributed by atoms with Crippen molar-refractivity contribution in [1.82, 2.24) is 5.32 Å². The maximum atomic E-state index is 3.61. The minimum absolute atomic E-state index is 0.875. The molecule has 1 N–H and O–H groups in total. The van der Waals surface area contributed by atoms with Gasteiger partial charge < -0.3 is 10.2 Å². The maximum Gasteiger partial charge on any atom is 0.0420 e. The van der Waals surface area contributed by atoms with Crippen LogP contribution >= 0.6 is 15.9 Å². The minimum atomic E-state index is 0.875. The molecule has 1 aromatic rings. The highest BCUT2D eigenvalue weighted by Crippen LogP contribution is 2.29. The van der Waals surface area contributed by atoms with Crippen LogP contribution in [0.1, 0.15) is 44.6 Å². The number of benzene rings is 1. The Kier molecular flexibility index (Phi) is 6.37. The van der Waals surface area contributed by atoms with Crippen LogP contribution in [0, 0.1) is 5.92 Å². The molecule has 1 aromatic carbocycles. The Morgan fingerprint density at radius 1 is 1.25 bits per heavy atom. The van der Waals surface area contributed by atoms with Gasteiger partial charge in [0.05, 0.1) is 0 Å². The van der Waals surface area contributed by atoms with Crippen LogP contribution in [0.25, 0.3) is 0 Å². The number of hydrogen-bond acceptors (Lipinski definition) is 2. The Morgan fingerprint density at radius 2 is 2.00 bits per heavy atom. The number of hydrogen-bond donors (Lipinski definition) is 1. The van der Waals surface area contributed by atoms with E-state index < -0.39 is 0 Å². The minimum Gasteiger partial charge on any atom is -0.374 e. The van der Waals surface area contributed by atoms with Crippen LogP contribution in [0.2, 0.25) is 0 Å². The van der Waals surface area contributed by atoms with Crippen LogP contribution in [0.3, 0.4) is 0 Å². The molecule has 0 atom stereocenters. The van der Waals surface area contributed by atoms with Gasteiger partial charge in [-0.2, -0.15) is 0 Å². The Labute approximate surface area is 132 Å².